The Labute approximate surface area is 181 Å². The van der Waals surface area contributed by atoms with Crippen molar-refractivity contribution in [1.82, 2.24) is 0 Å². The summed E-state index contributed by atoms with van der Waals surface area (Å²) in [6.45, 7) is 5.49. The van der Waals surface area contributed by atoms with Crippen LogP contribution in [0.25, 0.3) is 0 Å². The van der Waals surface area contributed by atoms with Gasteiger partial charge in [0.25, 0.3) is 0 Å². The van der Waals surface area contributed by atoms with Crippen LogP contribution < -0.4 is 0 Å². The van der Waals surface area contributed by atoms with E-state index in [0.29, 0.717) is 0 Å². The van der Waals surface area contributed by atoms with Gasteiger partial charge in [0.05, 0.1) is 16.7 Å². The highest BCUT2D eigenvalue weighted by molar-refractivity contribution is 7.43. The molecule has 0 saturated carbocycles. The number of benzene rings is 3. The SMILES string of the molecule is Cc1cccc(C(=O)OP(OC(=O)c2cccc(C)c2)OC(=O)c2cccc(C)c2)c1. The first kappa shape index (κ1) is 22.2. The van der Waals surface area contributed by atoms with Crippen LogP contribution in [-0.4, -0.2) is 17.9 Å². The summed E-state index contributed by atoms with van der Waals surface area (Å²) in [5.74, 6) is -2.28. The lowest BCUT2D eigenvalue weighted by molar-refractivity contribution is 0.0547. The summed E-state index contributed by atoms with van der Waals surface area (Å²) in [7, 11) is -2.63. The first-order valence-corrected chi connectivity index (χ1v) is 10.6. The van der Waals surface area contributed by atoms with E-state index >= 15 is 0 Å². The molecule has 0 radical (unpaired) electrons. The number of hydrogen-bond donors (Lipinski definition) is 0. The second-order valence-corrected chi connectivity index (χ2v) is 7.96. The minimum atomic E-state index is -2.63. The molecule has 3 aromatic rings. The Morgan fingerprint density at radius 1 is 0.548 bits per heavy atom. The maximum atomic E-state index is 12.6. The normalized spacial score (nSPS) is 10.5. The quantitative estimate of drug-likeness (QED) is 0.461. The summed E-state index contributed by atoms with van der Waals surface area (Å²) in [6.07, 6.45) is 0. The molecule has 0 saturated heterocycles. The Kier molecular flexibility index (Phi) is 7.16. The lowest BCUT2D eigenvalue weighted by Gasteiger charge is -2.15. The zero-order valence-corrected chi connectivity index (χ0v) is 18.2. The molecule has 0 aliphatic rings. The number of hydrogen-bond acceptors (Lipinski definition) is 6. The van der Waals surface area contributed by atoms with Crippen molar-refractivity contribution in [3.8, 4) is 0 Å². The average molecular weight is 436 g/mol. The third-order valence-corrected chi connectivity index (χ3v) is 5.18. The molecule has 0 unspecified atom stereocenters. The summed E-state index contributed by atoms with van der Waals surface area (Å²) in [5, 5.41) is 0. The van der Waals surface area contributed by atoms with Gasteiger partial charge >= 0.3 is 26.5 Å². The standard InChI is InChI=1S/C24H21O6P/c1-16-7-4-10-19(13-16)22(25)28-31(29-23(26)20-11-5-8-17(2)14-20)30-24(27)21-12-6-9-18(3)15-21/h4-15H,1-3H3. The van der Waals surface area contributed by atoms with E-state index < -0.39 is 26.5 Å². The van der Waals surface area contributed by atoms with Gasteiger partial charge in [0.2, 0.25) is 0 Å². The molecular weight excluding hydrogens is 415 g/mol. The fourth-order valence-corrected chi connectivity index (χ4v) is 3.57. The van der Waals surface area contributed by atoms with Crippen LogP contribution >= 0.6 is 8.60 Å². The number of carbonyl (C=O) groups is 3. The number of aryl methyl sites for hydroxylation is 3. The van der Waals surface area contributed by atoms with E-state index in [-0.39, 0.29) is 16.7 Å². The third-order valence-electron chi connectivity index (χ3n) is 4.23. The molecule has 0 spiro atoms. The van der Waals surface area contributed by atoms with Gasteiger partial charge in [-0.1, -0.05) is 53.1 Å². The van der Waals surface area contributed by atoms with Crippen LogP contribution in [0.15, 0.2) is 72.8 Å². The van der Waals surface area contributed by atoms with Crippen LogP contribution in [0.2, 0.25) is 0 Å². The van der Waals surface area contributed by atoms with E-state index in [1.807, 2.05) is 39.0 Å². The molecule has 0 fully saturated rings. The minimum Gasteiger partial charge on any atom is -0.371 e. The predicted molar refractivity (Wildman–Crippen MR) is 117 cm³/mol. The Hall–Kier alpha value is -3.50. The zero-order chi connectivity index (χ0) is 22.4. The first-order chi connectivity index (χ1) is 14.8. The largest absolute Gasteiger partial charge is 0.537 e. The molecule has 0 aliphatic heterocycles. The molecule has 0 N–H and O–H groups in total. The Morgan fingerprint density at radius 2 is 0.839 bits per heavy atom. The molecular formula is C24H21O6P. The van der Waals surface area contributed by atoms with Crippen LogP contribution in [0.5, 0.6) is 0 Å². The van der Waals surface area contributed by atoms with Crippen LogP contribution in [0.3, 0.4) is 0 Å². The van der Waals surface area contributed by atoms with Gasteiger partial charge in [0.1, 0.15) is 0 Å². The van der Waals surface area contributed by atoms with Gasteiger partial charge in [-0.15, -0.1) is 0 Å². The molecule has 0 aromatic heterocycles. The molecule has 158 valence electrons. The molecule has 7 heteroatoms. The van der Waals surface area contributed by atoms with Crippen molar-refractivity contribution in [2.75, 3.05) is 0 Å². The van der Waals surface area contributed by atoms with Crippen LogP contribution in [0.1, 0.15) is 47.8 Å². The smallest absolute Gasteiger partial charge is 0.371 e. The van der Waals surface area contributed by atoms with Gasteiger partial charge in [-0.05, 0) is 57.2 Å². The highest BCUT2D eigenvalue weighted by Crippen LogP contribution is 2.42. The van der Waals surface area contributed by atoms with E-state index in [4.69, 9.17) is 13.6 Å². The van der Waals surface area contributed by atoms with Crippen LogP contribution in [-0.2, 0) is 13.6 Å². The van der Waals surface area contributed by atoms with E-state index in [2.05, 4.69) is 0 Å². The summed E-state index contributed by atoms with van der Waals surface area (Å²) >= 11 is 0. The number of carbonyl (C=O) groups excluding carboxylic acids is 3. The minimum absolute atomic E-state index is 0.255. The maximum Gasteiger partial charge on any atom is 0.537 e. The van der Waals surface area contributed by atoms with E-state index in [0.717, 1.165) is 16.7 Å². The van der Waals surface area contributed by atoms with Crippen molar-refractivity contribution in [3.63, 3.8) is 0 Å². The summed E-state index contributed by atoms with van der Waals surface area (Å²) in [6, 6.07) is 20.2. The van der Waals surface area contributed by atoms with Gasteiger partial charge in [-0.2, -0.15) is 0 Å². The fourth-order valence-electron chi connectivity index (χ4n) is 2.73. The van der Waals surface area contributed by atoms with Crippen molar-refractivity contribution < 1.29 is 28.0 Å². The lowest BCUT2D eigenvalue weighted by Crippen LogP contribution is -2.12. The Bertz CT molecular complexity index is 983. The summed E-state index contributed by atoms with van der Waals surface area (Å²) < 4.78 is 15.8. The molecule has 0 atom stereocenters. The Balaban J connectivity index is 1.81. The molecule has 0 aliphatic carbocycles. The molecule has 3 rings (SSSR count). The fraction of sp³-hybridized carbons (Fsp3) is 0.125. The Morgan fingerprint density at radius 3 is 1.10 bits per heavy atom. The van der Waals surface area contributed by atoms with E-state index in [1.54, 1.807) is 54.6 Å². The molecule has 31 heavy (non-hydrogen) atoms. The molecule has 6 nitrogen and oxygen atoms in total. The van der Waals surface area contributed by atoms with Gasteiger partial charge < -0.3 is 13.6 Å². The predicted octanol–water partition coefficient (Wildman–Crippen LogP) is 5.71. The summed E-state index contributed by atoms with van der Waals surface area (Å²) in [5.41, 5.74) is 3.33. The lowest BCUT2D eigenvalue weighted by atomic mass is 10.1. The van der Waals surface area contributed by atoms with Crippen molar-refractivity contribution in [2.45, 2.75) is 20.8 Å². The monoisotopic (exact) mass is 436 g/mol. The van der Waals surface area contributed by atoms with Crippen LogP contribution in [0, 0.1) is 20.8 Å². The molecule has 3 aromatic carbocycles. The van der Waals surface area contributed by atoms with E-state index in [9.17, 15) is 14.4 Å². The van der Waals surface area contributed by atoms with Crippen molar-refractivity contribution in [1.29, 1.82) is 0 Å². The highest BCUT2D eigenvalue weighted by atomic mass is 31.2. The van der Waals surface area contributed by atoms with Crippen molar-refractivity contribution in [2.24, 2.45) is 0 Å². The average Bonchev–Trinajstić information content (AvgIpc) is 2.73. The summed E-state index contributed by atoms with van der Waals surface area (Å²) in [4.78, 5) is 37.7. The maximum absolute atomic E-state index is 12.6. The van der Waals surface area contributed by atoms with Gasteiger partial charge in [-0.3, -0.25) is 0 Å². The van der Waals surface area contributed by atoms with E-state index in [1.165, 1.54) is 0 Å². The highest BCUT2D eigenvalue weighted by Gasteiger charge is 2.29. The third kappa shape index (κ3) is 6.24. The van der Waals surface area contributed by atoms with Crippen molar-refractivity contribution in [3.05, 3.63) is 106 Å². The van der Waals surface area contributed by atoms with Gasteiger partial charge in [0.15, 0.2) is 0 Å². The molecule has 0 heterocycles. The second-order valence-electron chi connectivity index (χ2n) is 6.97. The van der Waals surface area contributed by atoms with Crippen LogP contribution in [0.4, 0.5) is 0 Å². The molecule has 0 amide bonds. The van der Waals surface area contributed by atoms with Gasteiger partial charge in [-0.25, -0.2) is 14.4 Å². The van der Waals surface area contributed by atoms with Gasteiger partial charge in [0, 0.05) is 0 Å². The first-order valence-electron chi connectivity index (χ1n) is 9.49. The second kappa shape index (κ2) is 10.0. The molecule has 0 bridgehead atoms. The zero-order valence-electron chi connectivity index (χ0n) is 17.3. The van der Waals surface area contributed by atoms with Crippen molar-refractivity contribution >= 4 is 26.5 Å². The number of rotatable bonds is 6. The topological polar surface area (TPSA) is 78.9 Å².